The van der Waals surface area contributed by atoms with E-state index in [0.29, 0.717) is 13.0 Å². The second kappa shape index (κ2) is 6.32. The molecule has 1 fully saturated rings. The summed E-state index contributed by atoms with van der Waals surface area (Å²) >= 11 is 0. The molecule has 3 nitrogen and oxygen atoms in total. The number of hydrogen-bond donors (Lipinski definition) is 2. The van der Waals surface area contributed by atoms with Crippen molar-refractivity contribution in [3.05, 3.63) is 60.2 Å². The molecule has 0 radical (unpaired) electrons. The lowest BCUT2D eigenvalue weighted by Crippen LogP contribution is -2.50. The molecule has 1 atom stereocenters. The predicted octanol–water partition coefficient (Wildman–Crippen LogP) is 2.75. The Balaban J connectivity index is 1.79. The van der Waals surface area contributed by atoms with Crippen molar-refractivity contribution in [3.8, 4) is 11.1 Å². The van der Waals surface area contributed by atoms with Gasteiger partial charge in [-0.25, -0.2) is 0 Å². The largest absolute Gasteiger partial charge is 0.369 e. The molecule has 0 bridgehead atoms. The molecule has 3 heteroatoms. The third-order valence-electron chi connectivity index (χ3n) is 4.60. The molecule has 2 aromatic carbocycles. The normalized spacial score (nSPS) is 21.5. The van der Waals surface area contributed by atoms with Crippen LogP contribution in [0.1, 0.15) is 18.4 Å². The van der Waals surface area contributed by atoms with Gasteiger partial charge in [0.2, 0.25) is 5.91 Å². The Morgan fingerprint density at radius 2 is 1.73 bits per heavy atom. The van der Waals surface area contributed by atoms with Crippen LogP contribution >= 0.6 is 0 Å². The van der Waals surface area contributed by atoms with Crippen LogP contribution in [0, 0.1) is 5.41 Å². The topological polar surface area (TPSA) is 55.1 Å². The molecular formula is C19H22N2O. The van der Waals surface area contributed by atoms with Crippen molar-refractivity contribution in [1.29, 1.82) is 0 Å². The van der Waals surface area contributed by atoms with E-state index in [4.69, 9.17) is 5.73 Å². The van der Waals surface area contributed by atoms with Crippen LogP contribution in [0.4, 0.5) is 0 Å². The number of piperidine rings is 1. The van der Waals surface area contributed by atoms with Gasteiger partial charge in [0.1, 0.15) is 0 Å². The minimum absolute atomic E-state index is 0.188. The average molecular weight is 294 g/mol. The highest BCUT2D eigenvalue weighted by atomic mass is 16.1. The smallest absolute Gasteiger partial charge is 0.225 e. The quantitative estimate of drug-likeness (QED) is 0.911. The summed E-state index contributed by atoms with van der Waals surface area (Å²) in [4.78, 5) is 12.0. The van der Waals surface area contributed by atoms with E-state index in [2.05, 4.69) is 41.7 Å². The summed E-state index contributed by atoms with van der Waals surface area (Å²) in [6.45, 7) is 1.66. The molecule has 1 heterocycles. The molecule has 0 aromatic heterocycles. The summed E-state index contributed by atoms with van der Waals surface area (Å²) in [6.07, 6.45) is 2.59. The first-order valence-electron chi connectivity index (χ1n) is 7.85. The minimum atomic E-state index is -0.438. The fraction of sp³-hybridized carbons (Fsp3) is 0.316. The van der Waals surface area contributed by atoms with Crippen LogP contribution in [-0.2, 0) is 11.2 Å². The van der Waals surface area contributed by atoms with E-state index in [1.54, 1.807) is 0 Å². The number of nitrogens with two attached hydrogens (primary N) is 1. The summed E-state index contributed by atoms with van der Waals surface area (Å²) in [5.74, 6) is -0.188. The van der Waals surface area contributed by atoms with Gasteiger partial charge in [-0.1, -0.05) is 54.6 Å². The highest BCUT2D eigenvalue weighted by Gasteiger charge is 2.37. The van der Waals surface area contributed by atoms with Gasteiger partial charge in [0.25, 0.3) is 0 Å². The Labute approximate surface area is 131 Å². The standard InChI is InChI=1S/C19H22N2O/c20-18(22)19(11-4-12-21-14-19)13-15-7-9-17(10-8-15)16-5-2-1-3-6-16/h1-3,5-10,21H,4,11-14H2,(H2,20,22). The van der Waals surface area contributed by atoms with E-state index >= 15 is 0 Å². The molecule has 1 unspecified atom stereocenters. The van der Waals surface area contributed by atoms with Gasteiger partial charge in [-0.05, 0) is 42.5 Å². The number of hydrogen-bond acceptors (Lipinski definition) is 2. The fourth-order valence-electron chi connectivity index (χ4n) is 3.25. The van der Waals surface area contributed by atoms with Gasteiger partial charge in [-0.15, -0.1) is 0 Å². The second-order valence-corrected chi connectivity index (χ2v) is 6.16. The molecule has 22 heavy (non-hydrogen) atoms. The first kappa shape index (κ1) is 14.8. The Morgan fingerprint density at radius 3 is 2.32 bits per heavy atom. The van der Waals surface area contributed by atoms with E-state index in [-0.39, 0.29) is 5.91 Å². The molecule has 114 valence electrons. The van der Waals surface area contributed by atoms with Crippen molar-refractivity contribution in [1.82, 2.24) is 5.32 Å². The van der Waals surface area contributed by atoms with Crippen molar-refractivity contribution in [2.45, 2.75) is 19.3 Å². The Hall–Kier alpha value is -2.13. The number of carbonyl (C=O) groups is 1. The van der Waals surface area contributed by atoms with Gasteiger partial charge in [0.15, 0.2) is 0 Å². The molecule has 1 saturated heterocycles. The minimum Gasteiger partial charge on any atom is -0.369 e. The lowest BCUT2D eigenvalue weighted by atomic mass is 9.75. The number of carbonyl (C=O) groups excluding carboxylic acids is 1. The van der Waals surface area contributed by atoms with Gasteiger partial charge in [-0.3, -0.25) is 4.79 Å². The number of nitrogens with one attached hydrogen (secondary N) is 1. The number of rotatable bonds is 4. The second-order valence-electron chi connectivity index (χ2n) is 6.16. The zero-order valence-corrected chi connectivity index (χ0v) is 12.7. The summed E-state index contributed by atoms with van der Waals surface area (Å²) < 4.78 is 0. The Bertz CT molecular complexity index is 628. The van der Waals surface area contributed by atoms with Crippen LogP contribution in [0.25, 0.3) is 11.1 Å². The third-order valence-corrected chi connectivity index (χ3v) is 4.60. The molecule has 1 aliphatic heterocycles. The van der Waals surface area contributed by atoms with Gasteiger partial charge in [-0.2, -0.15) is 0 Å². The fourth-order valence-corrected chi connectivity index (χ4v) is 3.25. The van der Waals surface area contributed by atoms with Crippen LogP contribution in [0.2, 0.25) is 0 Å². The molecular weight excluding hydrogens is 272 g/mol. The first-order chi connectivity index (χ1) is 10.7. The maximum absolute atomic E-state index is 12.0. The maximum Gasteiger partial charge on any atom is 0.225 e. The van der Waals surface area contributed by atoms with Gasteiger partial charge < -0.3 is 11.1 Å². The van der Waals surface area contributed by atoms with E-state index in [0.717, 1.165) is 19.4 Å². The zero-order chi connectivity index (χ0) is 15.4. The molecule has 1 amide bonds. The molecule has 0 aliphatic carbocycles. The van der Waals surface area contributed by atoms with Gasteiger partial charge in [0, 0.05) is 6.54 Å². The van der Waals surface area contributed by atoms with Crippen LogP contribution < -0.4 is 11.1 Å². The van der Waals surface area contributed by atoms with E-state index < -0.39 is 5.41 Å². The van der Waals surface area contributed by atoms with Crippen molar-refractivity contribution >= 4 is 5.91 Å². The molecule has 1 aliphatic rings. The van der Waals surface area contributed by atoms with E-state index in [9.17, 15) is 4.79 Å². The van der Waals surface area contributed by atoms with Crippen molar-refractivity contribution in [3.63, 3.8) is 0 Å². The lowest BCUT2D eigenvalue weighted by Gasteiger charge is -2.35. The zero-order valence-electron chi connectivity index (χ0n) is 12.7. The first-order valence-corrected chi connectivity index (χ1v) is 7.85. The van der Waals surface area contributed by atoms with Crippen LogP contribution in [-0.4, -0.2) is 19.0 Å². The van der Waals surface area contributed by atoms with Crippen LogP contribution in [0.15, 0.2) is 54.6 Å². The van der Waals surface area contributed by atoms with E-state index in [1.165, 1.54) is 16.7 Å². The summed E-state index contributed by atoms with van der Waals surface area (Å²) in [5.41, 5.74) is 8.82. The van der Waals surface area contributed by atoms with Crippen molar-refractivity contribution in [2.75, 3.05) is 13.1 Å². The highest BCUT2D eigenvalue weighted by Crippen LogP contribution is 2.31. The van der Waals surface area contributed by atoms with Crippen LogP contribution in [0.3, 0.4) is 0 Å². The Morgan fingerprint density at radius 1 is 1.05 bits per heavy atom. The Kier molecular flexibility index (Phi) is 4.25. The molecule has 0 spiro atoms. The number of amides is 1. The molecule has 2 aromatic rings. The molecule has 3 rings (SSSR count). The highest BCUT2D eigenvalue weighted by molar-refractivity contribution is 5.81. The third kappa shape index (κ3) is 3.04. The van der Waals surface area contributed by atoms with Gasteiger partial charge in [0.05, 0.1) is 5.41 Å². The van der Waals surface area contributed by atoms with Crippen molar-refractivity contribution in [2.24, 2.45) is 11.1 Å². The number of primary amides is 1. The lowest BCUT2D eigenvalue weighted by molar-refractivity contribution is -0.128. The molecule has 0 saturated carbocycles. The van der Waals surface area contributed by atoms with Gasteiger partial charge >= 0.3 is 0 Å². The predicted molar refractivity (Wildman–Crippen MR) is 89.3 cm³/mol. The van der Waals surface area contributed by atoms with Crippen molar-refractivity contribution < 1.29 is 4.79 Å². The average Bonchev–Trinajstić information content (AvgIpc) is 2.57. The maximum atomic E-state index is 12.0. The van der Waals surface area contributed by atoms with Crippen LogP contribution in [0.5, 0.6) is 0 Å². The monoisotopic (exact) mass is 294 g/mol. The summed E-state index contributed by atoms with van der Waals surface area (Å²) in [7, 11) is 0. The number of benzene rings is 2. The summed E-state index contributed by atoms with van der Waals surface area (Å²) in [5, 5.41) is 3.31. The summed E-state index contributed by atoms with van der Waals surface area (Å²) in [6, 6.07) is 18.8. The molecule has 3 N–H and O–H groups in total. The van der Waals surface area contributed by atoms with E-state index in [1.807, 2.05) is 18.2 Å². The SMILES string of the molecule is NC(=O)C1(Cc2ccc(-c3ccccc3)cc2)CCCNC1.